The molecule has 1 saturated carbocycles. The number of ether oxygens (including phenoxy) is 1. The van der Waals surface area contributed by atoms with Gasteiger partial charge in [0.25, 0.3) is 0 Å². The summed E-state index contributed by atoms with van der Waals surface area (Å²) in [6, 6.07) is 7.14. The van der Waals surface area contributed by atoms with Crippen molar-refractivity contribution in [1.82, 2.24) is 5.32 Å². The highest BCUT2D eigenvalue weighted by Gasteiger charge is 2.19. The van der Waals surface area contributed by atoms with Gasteiger partial charge in [0.15, 0.2) is 0 Å². The first-order chi connectivity index (χ1) is 7.83. The van der Waals surface area contributed by atoms with E-state index in [4.69, 9.17) is 4.74 Å². The molecular weight excluding hydrogens is 198 g/mol. The second kappa shape index (κ2) is 5.35. The highest BCUT2D eigenvalue weighted by atomic mass is 16.5. The molecule has 1 fully saturated rings. The zero-order valence-corrected chi connectivity index (χ0v) is 10.3. The van der Waals surface area contributed by atoms with Gasteiger partial charge in [-0.3, -0.25) is 5.32 Å². The standard InChI is InChI=1S/C14H21NO/c1-3-11-5-8-14(9-12(11)4-2)16-10-15-13-6-7-13/h5,8-9,13,15H,3-4,6-7,10H2,1-2H3. The molecule has 2 rings (SSSR count). The number of aryl methyl sites for hydroxylation is 2. The molecule has 16 heavy (non-hydrogen) atoms. The average molecular weight is 219 g/mol. The number of rotatable bonds is 6. The highest BCUT2D eigenvalue weighted by Crippen LogP contribution is 2.20. The van der Waals surface area contributed by atoms with Gasteiger partial charge in [0.1, 0.15) is 12.5 Å². The Morgan fingerprint density at radius 1 is 1.19 bits per heavy atom. The molecule has 1 aromatic carbocycles. The molecule has 0 bridgehead atoms. The molecule has 1 N–H and O–H groups in total. The van der Waals surface area contributed by atoms with E-state index in [1.54, 1.807) is 0 Å². The molecular formula is C14H21NO. The van der Waals surface area contributed by atoms with E-state index in [-0.39, 0.29) is 0 Å². The molecule has 0 aromatic heterocycles. The van der Waals surface area contributed by atoms with Crippen LogP contribution in [0.5, 0.6) is 5.75 Å². The van der Waals surface area contributed by atoms with Crippen LogP contribution >= 0.6 is 0 Å². The highest BCUT2D eigenvalue weighted by molar-refractivity contribution is 5.35. The van der Waals surface area contributed by atoms with Crippen molar-refractivity contribution < 1.29 is 4.74 Å². The topological polar surface area (TPSA) is 21.3 Å². The average Bonchev–Trinajstić information content (AvgIpc) is 3.13. The van der Waals surface area contributed by atoms with Gasteiger partial charge in [0.05, 0.1) is 0 Å². The van der Waals surface area contributed by atoms with Crippen LogP contribution in [0.15, 0.2) is 18.2 Å². The zero-order chi connectivity index (χ0) is 11.4. The molecule has 0 spiro atoms. The Morgan fingerprint density at radius 2 is 1.94 bits per heavy atom. The van der Waals surface area contributed by atoms with Crippen molar-refractivity contribution in [3.63, 3.8) is 0 Å². The number of benzene rings is 1. The molecule has 2 heteroatoms. The second-order valence-corrected chi connectivity index (χ2v) is 4.40. The first-order valence-electron chi connectivity index (χ1n) is 6.31. The van der Waals surface area contributed by atoms with Crippen molar-refractivity contribution in [3.05, 3.63) is 29.3 Å². The smallest absolute Gasteiger partial charge is 0.139 e. The lowest BCUT2D eigenvalue weighted by atomic mass is 10.0. The summed E-state index contributed by atoms with van der Waals surface area (Å²) in [4.78, 5) is 0. The maximum Gasteiger partial charge on any atom is 0.139 e. The summed E-state index contributed by atoms with van der Waals surface area (Å²) in [6.07, 6.45) is 4.79. The molecule has 0 radical (unpaired) electrons. The van der Waals surface area contributed by atoms with Crippen LogP contribution in [0.3, 0.4) is 0 Å². The maximum absolute atomic E-state index is 5.69. The largest absolute Gasteiger partial charge is 0.478 e. The summed E-state index contributed by atoms with van der Waals surface area (Å²) in [6.45, 7) is 5.03. The minimum Gasteiger partial charge on any atom is -0.478 e. The molecule has 1 aromatic rings. The lowest BCUT2D eigenvalue weighted by Crippen LogP contribution is -2.22. The fourth-order valence-corrected chi connectivity index (χ4v) is 1.90. The van der Waals surface area contributed by atoms with Gasteiger partial charge in [-0.15, -0.1) is 0 Å². The monoisotopic (exact) mass is 219 g/mol. The Kier molecular flexibility index (Phi) is 3.83. The van der Waals surface area contributed by atoms with E-state index in [9.17, 15) is 0 Å². The first-order valence-corrected chi connectivity index (χ1v) is 6.31. The van der Waals surface area contributed by atoms with Crippen LogP contribution in [0.25, 0.3) is 0 Å². The van der Waals surface area contributed by atoms with Gasteiger partial charge in [-0.25, -0.2) is 0 Å². The third-order valence-corrected chi connectivity index (χ3v) is 3.13. The summed E-state index contributed by atoms with van der Waals surface area (Å²) in [5.41, 5.74) is 2.84. The Bertz CT molecular complexity index is 345. The van der Waals surface area contributed by atoms with Crippen LogP contribution in [0.4, 0.5) is 0 Å². The van der Waals surface area contributed by atoms with E-state index >= 15 is 0 Å². The third-order valence-electron chi connectivity index (χ3n) is 3.13. The SMILES string of the molecule is CCc1ccc(OCNC2CC2)cc1CC. The van der Waals surface area contributed by atoms with Crippen LogP contribution in [-0.2, 0) is 12.8 Å². The molecule has 1 aliphatic rings. The number of hydrogen-bond acceptors (Lipinski definition) is 2. The van der Waals surface area contributed by atoms with Gasteiger partial charge in [0, 0.05) is 6.04 Å². The molecule has 0 unspecified atom stereocenters. The molecule has 0 aliphatic heterocycles. The molecule has 1 aliphatic carbocycles. The Morgan fingerprint density at radius 3 is 2.56 bits per heavy atom. The predicted octanol–water partition coefficient (Wildman–Crippen LogP) is 2.90. The molecule has 0 saturated heterocycles. The van der Waals surface area contributed by atoms with Gasteiger partial charge in [0.2, 0.25) is 0 Å². The van der Waals surface area contributed by atoms with Crippen LogP contribution in [-0.4, -0.2) is 12.8 Å². The summed E-state index contributed by atoms with van der Waals surface area (Å²) in [5.74, 6) is 0.988. The zero-order valence-electron chi connectivity index (χ0n) is 10.3. The van der Waals surface area contributed by atoms with E-state index in [1.807, 2.05) is 0 Å². The van der Waals surface area contributed by atoms with E-state index in [0.717, 1.165) is 18.6 Å². The fraction of sp³-hybridized carbons (Fsp3) is 0.571. The molecule has 0 heterocycles. The summed E-state index contributed by atoms with van der Waals surface area (Å²) >= 11 is 0. The van der Waals surface area contributed by atoms with Crippen molar-refractivity contribution in [3.8, 4) is 5.75 Å². The van der Waals surface area contributed by atoms with E-state index in [2.05, 4.69) is 37.4 Å². The van der Waals surface area contributed by atoms with E-state index < -0.39 is 0 Å². The summed E-state index contributed by atoms with van der Waals surface area (Å²) in [5, 5.41) is 3.35. The Hall–Kier alpha value is -1.02. The molecule has 2 nitrogen and oxygen atoms in total. The Labute approximate surface area is 98.0 Å². The Balaban J connectivity index is 1.92. The van der Waals surface area contributed by atoms with Crippen molar-refractivity contribution >= 4 is 0 Å². The third kappa shape index (κ3) is 2.99. The predicted molar refractivity (Wildman–Crippen MR) is 66.9 cm³/mol. The fourth-order valence-electron chi connectivity index (χ4n) is 1.90. The van der Waals surface area contributed by atoms with Crippen LogP contribution in [0.2, 0.25) is 0 Å². The second-order valence-electron chi connectivity index (χ2n) is 4.40. The normalized spacial score (nSPS) is 15.1. The summed E-state index contributed by atoms with van der Waals surface area (Å²) < 4.78 is 5.69. The lowest BCUT2D eigenvalue weighted by Gasteiger charge is -2.11. The van der Waals surface area contributed by atoms with Crippen molar-refractivity contribution in [2.24, 2.45) is 0 Å². The number of nitrogens with one attached hydrogen (secondary N) is 1. The minimum absolute atomic E-state index is 0.638. The van der Waals surface area contributed by atoms with Crippen molar-refractivity contribution in [2.75, 3.05) is 6.73 Å². The van der Waals surface area contributed by atoms with Gasteiger partial charge in [-0.2, -0.15) is 0 Å². The van der Waals surface area contributed by atoms with Gasteiger partial charge in [-0.1, -0.05) is 19.9 Å². The van der Waals surface area contributed by atoms with E-state index in [0.29, 0.717) is 12.8 Å². The van der Waals surface area contributed by atoms with Gasteiger partial charge < -0.3 is 4.74 Å². The minimum atomic E-state index is 0.638. The maximum atomic E-state index is 5.69. The van der Waals surface area contributed by atoms with Crippen LogP contribution in [0.1, 0.15) is 37.8 Å². The van der Waals surface area contributed by atoms with Gasteiger partial charge >= 0.3 is 0 Å². The summed E-state index contributed by atoms with van der Waals surface area (Å²) in [7, 11) is 0. The molecule has 0 amide bonds. The van der Waals surface area contributed by atoms with E-state index in [1.165, 1.54) is 24.0 Å². The molecule has 88 valence electrons. The first kappa shape index (κ1) is 11.5. The number of hydrogen-bond donors (Lipinski definition) is 1. The van der Waals surface area contributed by atoms with Crippen molar-refractivity contribution in [1.29, 1.82) is 0 Å². The van der Waals surface area contributed by atoms with Crippen LogP contribution < -0.4 is 10.1 Å². The molecule has 0 atom stereocenters. The quantitative estimate of drug-likeness (QED) is 0.743. The lowest BCUT2D eigenvalue weighted by molar-refractivity contribution is 0.281. The van der Waals surface area contributed by atoms with Crippen molar-refractivity contribution in [2.45, 2.75) is 45.6 Å². The van der Waals surface area contributed by atoms with Crippen LogP contribution in [0, 0.1) is 0 Å². The van der Waals surface area contributed by atoms with Gasteiger partial charge in [-0.05, 0) is 48.9 Å².